The smallest absolute Gasteiger partial charge is 0.303 e. The molecule has 0 bridgehead atoms. The average molecular weight is 359 g/mol. The van der Waals surface area contributed by atoms with Crippen molar-refractivity contribution in [2.75, 3.05) is 20.3 Å². The van der Waals surface area contributed by atoms with Gasteiger partial charge in [0.2, 0.25) is 0 Å². The molecule has 0 fully saturated rings. The molecule has 4 nitrogen and oxygen atoms in total. The van der Waals surface area contributed by atoms with Crippen LogP contribution in [0.4, 0.5) is 0 Å². The Morgan fingerprint density at radius 3 is 2.62 bits per heavy atom. The van der Waals surface area contributed by atoms with Crippen LogP contribution >= 0.6 is 15.9 Å². The van der Waals surface area contributed by atoms with E-state index in [2.05, 4.69) is 15.9 Å². The van der Waals surface area contributed by atoms with Crippen LogP contribution < -0.4 is 4.74 Å². The van der Waals surface area contributed by atoms with Crippen LogP contribution in [0.3, 0.4) is 0 Å². The van der Waals surface area contributed by atoms with E-state index in [1.165, 1.54) is 5.56 Å². The molecule has 0 saturated heterocycles. The molecule has 5 heteroatoms. The molecule has 0 aliphatic rings. The van der Waals surface area contributed by atoms with Crippen LogP contribution in [0.2, 0.25) is 0 Å². The topological polar surface area (TPSA) is 55.8 Å². The molecule has 0 atom stereocenters. The summed E-state index contributed by atoms with van der Waals surface area (Å²) in [5, 5.41) is 8.90. The van der Waals surface area contributed by atoms with Crippen molar-refractivity contribution in [2.24, 2.45) is 5.41 Å². The second kappa shape index (κ2) is 8.39. The van der Waals surface area contributed by atoms with Gasteiger partial charge in [0.1, 0.15) is 12.4 Å². The summed E-state index contributed by atoms with van der Waals surface area (Å²) in [6.45, 7) is 5.04. The molecule has 1 N–H and O–H groups in total. The van der Waals surface area contributed by atoms with Gasteiger partial charge in [-0.2, -0.15) is 0 Å². The number of halogens is 1. The van der Waals surface area contributed by atoms with E-state index in [1.807, 2.05) is 32.0 Å². The highest BCUT2D eigenvalue weighted by Crippen LogP contribution is 2.30. The zero-order chi connectivity index (χ0) is 15.9. The van der Waals surface area contributed by atoms with Crippen molar-refractivity contribution in [3.8, 4) is 5.75 Å². The van der Waals surface area contributed by atoms with Crippen LogP contribution in [0.1, 0.15) is 32.3 Å². The van der Waals surface area contributed by atoms with Crippen LogP contribution in [0.15, 0.2) is 22.7 Å². The predicted octanol–water partition coefficient (Wildman–Crippen LogP) is 3.91. The Morgan fingerprint density at radius 1 is 1.33 bits per heavy atom. The lowest BCUT2D eigenvalue weighted by Crippen LogP contribution is -2.17. The molecule has 1 aromatic rings. The lowest BCUT2D eigenvalue weighted by molar-refractivity contribution is -0.139. The third kappa shape index (κ3) is 6.96. The van der Waals surface area contributed by atoms with Crippen LogP contribution in [-0.2, 0) is 16.0 Å². The monoisotopic (exact) mass is 358 g/mol. The number of carboxylic acids is 1. The first kappa shape index (κ1) is 18.0. The molecule has 0 spiro atoms. The van der Waals surface area contributed by atoms with E-state index in [9.17, 15) is 4.79 Å². The normalized spacial score (nSPS) is 11.4. The Balaban J connectivity index is 2.57. The quantitative estimate of drug-likeness (QED) is 0.680. The van der Waals surface area contributed by atoms with E-state index in [4.69, 9.17) is 14.6 Å². The zero-order valence-corrected chi connectivity index (χ0v) is 14.4. The second-order valence-electron chi connectivity index (χ2n) is 5.84. The number of ether oxygens (including phenoxy) is 2. The molecule has 0 saturated carbocycles. The molecule has 1 aromatic carbocycles. The van der Waals surface area contributed by atoms with Crippen molar-refractivity contribution in [3.63, 3.8) is 0 Å². The maximum absolute atomic E-state index is 10.8. The number of methoxy groups -OCH3 is 1. The zero-order valence-electron chi connectivity index (χ0n) is 12.8. The first-order chi connectivity index (χ1) is 9.84. The molecule has 21 heavy (non-hydrogen) atoms. The predicted molar refractivity (Wildman–Crippen MR) is 85.9 cm³/mol. The highest BCUT2D eigenvalue weighted by molar-refractivity contribution is 9.10. The molecular weight excluding hydrogens is 336 g/mol. The maximum atomic E-state index is 10.8. The summed E-state index contributed by atoms with van der Waals surface area (Å²) in [7, 11) is 1.64. The van der Waals surface area contributed by atoms with Crippen molar-refractivity contribution < 1.29 is 19.4 Å². The van der Waals surface area contributed by atoms with Gasteiger partial charge in [0.25, 0.3) is 0 Å². The molecule has 0 aliphatic carbocycles. The van der Waals surface area contributed by atoms with Crippen LogP contribution in [0.5, 0.6) is 5.75 Å². The molecular formula is C16H23BrO4. The summed E-state index contributed by atoms with van der Waals surface area (Å²) in [5.41, 5.74) is 0.964. The molecule has 0 aromatic heterocycles. The summed E-state index contributed by atoms with van der Waals surface area (Å²) in [5.74, 6) is 0.0451. The van der Waals surface area contributed by atoms with Gasteiger partial charge in [0, 0.05) is 7.11 Å². The summed E-state index contributed by atoms with van der Waals surface area (Å²) in [4.78, 5) is 10.8. The molecule has 1 rings (SSSR count). The number of aliphatic carboxylic acids is 1. The minimum atomic E-state index is -0.747. The van der Waals surface area contributed by atoms with Crippen LogP contribution in [-0.4, -0.2) is 31.4 Å². The summed E-state index contributed by atoms with van der Waals surface area (Å²) in [6.07, 6.45) is 1.86. The number of hydrogen-bond acceptors (Lipinski definition) is 3. The number of rotatable bonds is 9. The van der Waals surface area contributed by atoms with E-state index < -0.39 is 5.97 Å². The number of hydrogen-bond donors (Lipinski definition) is 1. The van der Waals surface area contributed by atoms with E-state index in [0.29, 0.717) is 13.2 Å². The maximum Gasteiger partial charge on any atom is 0.303 e. The van der Waals surface area contributed by atoms with Gasteiger partial charge in [-0.3, -0.25) is 4.79 Å². The van der Waals surface area contributed by atoms with Gasteiger partial charge in [-0.05, 0) is 51.9 Å². The van der Waals surface area contributed by atoms with Gasteiger partial charge in [-0.1, -0.05) is 19.9 Å². The second-order valence-corrected chi connectivity index (χ2v) is 6.70. The third-order valence-corrected chi connectivity index (χ3v) is 3.88. The SMILES string of the molecule is COCCOc1ccc(CCC(C)(C)CC(=O)O)cc1Br. The lowest BCUT2D eigenvalue weighted by Gasteiger charge is -2.22. The Bertz CT molecular complexity index is 471. The van der Waals surface area contributed by atoms with Crippen molar-refractivity contribution >= 4 is 21.9 Å². The van der Waals surface area contributed by atoms with Crippen molar-refractivity contribution in [1.29, 1.82) is 0 Å². The van der Waals surface area contributed by atoms with E-state index in [-0.39, 0.29) is 11.8 Å². The summed E-state index contributed by atoms with van der Waals surface area (Å²) in [6, 6.07) is 5.97. The third-order valence-electron chi connectivity index (χ3n) is 3.26. The van der Waals surface area contributed by atoms with E-state index in [0.717, 1.165) is 23.1 Å². The minimum Gasteiger partial charge on any atom is -0.490 e. The van der Waals surface area contributed by atoms with Crippen molar-refractivity contribution in [1.82, 2.24) is 0 Å². The van der Waals surface area contributed by atoms with Crippen molar-refractivity contribution in [2.45, 2.75) is 33.1 Å². The average Bonchev–Trinajstić information content (AvgIpc) is 2.37. The van der Waals surface area contributed by atoms with E-state index in [1.54, 1.807) is 7.11 Å². The fraction of sp³-hybridized carbons (Fsp3) is 0.562. The standard InChI is InChI=1S/C16H23BrO4/c1-16(2,11-15(18)19)7-6-12-4-5-14(13(17)10-12)21-9-8-20-3/h4-5,10H,6-9,11H2,1-3H3,(H,18,19). The minimum absolute atomic E-state index is 0.187. The Kier molecular flexibility index (Phi) is 7.18. The Morgan fingerprint density at radius 2 is 2.05 bits per heavy atom. The Hall–Kier alpha value is -1.07. The van der Waals surface area contributed by atoms with Gasteiger partial charge >= 0.3 is 5.97 Å². The van der Waals surface area contributed by atoms with Crippen LogP contribution in [0.25, 0.3) is 0 Å². The molecule has 118 valence electrons. The first-order valence-electron chi connectivity index (χ1n) is 6.96. The largest absolute Gasteiger partial charge is 0.490 e. The van der Waals surface area contributed by atoms with E-state index >= 15 is 0 Å². The highest BCUT2D eigenvalue weighted by atomic mass is 79.9. The summed E-state index contributed by atoms with van der Waals surface area (Å²) < 4.78 is 11.4. The van der Waals surface area contributed by atoms with Gasteiger partial charge in [0.05, 0.1) is 17.5 Å². The Labute approximate surface area is 134 Å². The molecule has 0 unspecified atom stereocenters. The fourth-order valence-corrected chi connectivity index (χ4v) is 2.57. The highest BCUT2D eigenvalue weighted by Gasteiger charge is 2.21. The first-order valence-corrected chi connectivity index (χ1v) is 7.75. The molecule has 0 amide bonds. The lowest BCUT2D eigenvalue weighted by atomic mass is 9.83. The van der Waals surface area contributed by atoms with Crippen LogP contribution in [0, 0.1) is 5.41 Å². The van der Waals surface area contributed by atoms with Gasteiger partial charge in [-0.15, -0.1) is 0 Å². The molecule has 0 heterocycles. The number of carboxylic acid groups (broad SMARTS) is 1. The number of aryl methyl sites for hydroxylation is 1. The van der Waals surface area contributed by atoms with Gasteiger partial charge in [0.15, 0.2) is 0 Å². The fourth-order valence-electron chi connectivity index (χ4n) is 2.03. The van der Waals surface area contributed by atoms with Crippen molar-refractivity contribution in [3.05, 3.63) is 28.2 Å². The number of carbonyl (C=O) groups is 1. The van der Waals surface area contributed by atoms with Gasteiger partial charge in [-0.25, -0.2) is 0 Å². The molecule has 0 aliphatic heterocycles. The molecule has 0 radical (unpaired) electrons. The summed E-state index contributed by atoms with van der Waals surface area (Å²) >= 11 is 3.50. The number of benzene rings is 1. The van der Waals surface area contributed by atoms with Gasteiger partial charge < -0.3 is 14.6 Å².